The van der Waals surface area contributed by atoms with Crippen molar-refractivity contribution in [3.05, 3.63) is 125 Å². The molecule has 4 rings (SSSR count). The summed E-state index contributed by atoms with van der Waals surface area (Å²) in [5.74, 6) is -0.809. The molecule has 0 amide bonds. The molecule has 0 aliphatic heterocycles. The third-order valence-electron chi connectivity index (χ3n) is 5.31. The van der Waals surface area contributed by atoms with Crippen LogP contribution < -0.4 is 0 Å². The van der Waals surface area contributed by atoms with E-state index in [1.807, 2.05) is 36.0 Å². The van der Waals surface area contributed by atoms with E-state index in [2.05, 4.69) is 78.9 Å². The summed E-state index contributed by atoms with van der Waals surface area (Å²) in [5.41, 5.74) is 4.56. The lowest BCUT2D eigenvalue weighted by Crippen LogP contribution is -2.26. The zero-order chi connectivity index (χ0) is 20.8. The molecule has 3 aromatic rings. The lowest BCUT2D eigenvalue weighted by Gasteiger charge is -2.37. The van der Waals surface area contributed by atoms with E-state index in [1.165, 1.54) is 16.7 Å². The van der Waals surface area contributed by atoms with Crippen LogP contribution in [-0.4, -0.2) is 11.1 Å². The normalized spacial score (nSPS) is 13.7. The molecule has 150 valence electrons. The third kappa shape index (κ3) is 4.27. The molecule has 3 aromatic carbocycles. The summed E-state index contributed by atoms with van der Waals surface area (Å²) in [4.78, 5) is 12.1. The average molecular weight is 413 g/mol. The minimum absolute atomic E-state index is 0.0430. The number of carboxylic acid groups (broad SMARTS) is 1. The Hall–Kier alpha value is -3.04. The van der Waals surface area contributed by atoms with E-state index >= 15 is 0 Å². The number of allylic oxidation sites excluding steroid dienone is 3. The van der Waals surface area contributed by atoms with Gasteiger partial charge in [-0.1, -0.05) is 91.0 Å². The number of benzene rings is 3. The molecule has 1 aliphatic carbocycles. The van der Waals surface area contributed by atoms with E-state index in [0.717, 1.165) is 23.3 Å². The number of rotatable bonds is 7. The molecule has 30 heavy (non-hydrogen) atoms. The van der Waals surface area contributed by atoms with Crippen LogP contribution in [0.15, 0.2) is 114 Å². The highest BCUT2D eigenvalue weighted by molar-refractivity contribution is 8.00. The molecule has 3 heteroatoms. The second kappa shape index (κ2) is 9.19. The summed E-state index contributed by atoms with van der Waals surface area (Å²) in [5, 5.41) is 9.07. The van der Waals surface area contributed by atoms with Gasteiger partial charge in [-0.25, -0.2) is 0 Å². The molecule has 0 unspecified atom stereocenters. The lowest BCUT2D eigenvalue weighted by molar-refractivity contribution is -0.136. The first-order valence-corrected chi connectivity index (χ1v) is 11.0. The van der Waals surface area contributed by atoms with Crippen molar-refractivity contribution in [2.24, 2.45) is 0 Å². The van der Waals surface area contributed by atoms with E-state index in [-0.39, 0.29) is 11.2 Å². The van der Waals surface area contributed by atoms with Crippen molar-refractivity contribution in [3.63, 3.8) is 0 Å². The van der Waals surface area contributed by atoms with Gasteiger partial charge in [-0.3, -0.25) is 4.79 Å². The second-order valence-corrected chi connectivity index (χ2v) is 8.66. The Morgan fingerprint density at radius 2 is 1.43 bits per heavy atom. The summed E-state index contributed by atoms with van der Waals surface area (Å²) in [6.07, 6.45) is 9.01. The van der Waals surface area contributed by atoms with Gasteiger partial charge >= 0.3 is 5.97 Å². The van der Waals surface area contributed by atoms with Crippen molar-refractivity contribution < 1.29 is 9.90 Å². The van der Waals surface area contributed by atoms with Gasteiger partial charge in [0, 0.05) is 4.90 Å². The zero-order valence-corrected chi connectivity index (χ0v) is 17.5. The van der Waals surface area contributed by atoms with Gasteiger partial charge < -0.3 is 5.11 Å². The molecule has 0 atom stereocenters. The summed E-state index contributed by atoms with van der Waals surface area (Å²) in [6.45, 7) is 0. The molecule has 0 heterocycles. The van der Waals surface area contributed by atoms with Gasteiger partial charge in [0.2, 0.25) is 0 Å². The molecule has 0 spiro atoms. The largest absolute Gasteiger partial charge is 0.481 e. The first kappa shape index (κ1) is 20.2. The Morgan fingerprint density at radius 1 is 0.833 bits per heavy atom. The first-order chi connectivity index (χ1) is 14.7. The second-order valence-electron chi connectivity index (χ2n) is 7.37. The van der Waals surface area contributed by atoms with E-state index in [1.54, 1.807) is 0 Å². The Bertz CT molecular complexity index is 1010. The maximum absolute atomic E-state index is 11.0. The molecule has 0 fully saturated rings. The monoisotopic (exact) mass is 412 g/mol. The van der Waals surface area contributed by atoms with Crippen molar-refractivity contribution >= 4 is 17.7 Å². The third-order valence-corrected chi connectivity index (χ3v) is 6.83. The first-order valence-electron chi connectivity index (χ1n) is 10.2. The Morgan fingerprint density at radius 3 is 1.93 bits per heavy atom. The van der Waals surface area contributed by atoms with Gasteiger partial charge in [-0.2, -0.15) is 0 Å². The fourth-order valence-electron chi connectivity index (χ4n) is 3.92. The van der Waals surface area contributed by atoms with Crippen LogP contribution in [0.1, 0.15) is 29.5 Å². The van der Waals surface area contributed by atoms with Crippen LogP contribution in [0, 0.1) is 0 Å². The van der Waals surface area contributed by atoms with Gasteiger partial charge in [-0.05, 0) is 47.2 Å². The summed E-state index contributed by atoms with van der Waals surface area (Å²) in [6, 6.07) is 29.2. The predicted octanol–water partition coefficient (Wildman–Crippen LogP) is 6.63. The lowest BCUT2D eigenvalue weighted by atomic mass is 9.81. The molecule has 0 aromatic heterocycles. The van der Waals surface area contributed by atoms with Crippen LogP contribution in [0.3, 0.4) is 0 Å². The molecule has 1 N–H and O–H groups in total. The Labute approximate surface area is 182 Å². The number of aliphatic carboxylic acids is 1. The topological polar surface area (TPSA) is 37.3 Å². The number of carbonyl (C=O) groups is 1. The minimum Gasteiger partial charge on any atom is -0.481 e. The molecular weight excluding hydrogens is 388 g/mol. The maximum atomic E-state index is 11.0. The summed E-state index contributed by atoms with van der Waals surface area (Å²) < 4.78 is -0.381. The zero-order valence-electron chi connectivity index (χ0n) is 16.7. The molecule has 2 nitrogen and oxygen atoms in total. The summed E-state index contributed by atoms with van der Waals surface area (Å²) in [7, 11) is 0. The smallest absolute Gasteiger partial charge is 0.307 e. The molecular formula is C27H24O2S. The highest BCUT2D eigenvalue weighted by Crippen LogP contribution is 2.52. The van der Waals surface area contributed by atoms with Gasteiger partial charge in [-0.15, -0.1) is 11.8 Å². The van der Waals surface area contributed by atoms with Crippen LogP contribution >= 0.6 is 11.8 Å². The van der Waals surface area contributed by atoms with Crippen molar-refractivity contribution in [1.82, 2.24) is 0 Å². The van der Waals surface area contributed by atoms with Crippen molar-refractivity contribution in [2.75, 3.05) is 0 Å². The Kier molecular flexibility index (Phi) is 6.20. The fraction of sp³-hybridized carbons (Fsp3) is 0.148. The highest BCUT2D eigenvalue weighted by atomic mass is 32.2. The molecule has 0 bridgehead atoms. The molecule has 1 aliphatic rings. The number of hydrogen-bond donors (Lipinski definition) is 1. The molecule has 0 saturated carbocycles. The fourth-order valence-corrected chi connectivity index (χ4v) is 5.33. The number of carboxylic acids is 1. The predicted molar refractivity (Wildman–Crippen MR) is 124 cm³/mol. The van der Waals surface area contributed by atoms with Crippen LogP contribution in [0.5, 0.6) is 0 Å². The van der Waals surface area contributed by atoms with E-state index < -0.39 is 5.97 Å². The van der Waals surface area contributed by atoms with Gasteiger partial charge in [0.15, 0.2) is 0 Å². The van der Waals surface area contributed by atoms with E-state index in [0.29, 0.717) is 0 Å². The van der Waals surface area contributed by atoms with Gasteiger partial charge in [0.25, 0.3) is 0 Å². The Balaban J connectivity index is 1.85. The standard InChI is InChI=1S/C27H24O2S/c28-26(29)20-21-16-18-25(19-17-21)30-27(22-10-4-1-5-11-22,23-12-6-2-7-13-23)24-14-8-3-9-15-24/h1-2,4-8,10-19H,3,9,20H2,(H,28,29). The maximum Gasteiger partial charge on any atom is 0.307 e. The van der Waals surface area contributed by atoms with Crippen LogP contribution in [-0.2, 0) is 16.0 Å². The SMILES string of the molecule is O=C(O)Cc1ccc(SC(C2=CCCC=C2)(c2ccccc2)c2ccccc2)cc1. The molecule has 0 radical (unpaired) electrons. The summed E-state index contributed by atoms with van der Waals surface area (Å²) >= 11 is 1.81. The van der Waals surface area contributed by atoms with Crippen molar-refractivity contribution in [3.8, 4) is 0 Å². The number of thioether (sulfide) groups is 1. The van der Waals surface area contributed by atoms with E-state index in [9.17, 15) is 4.79 Å². The van der Waals surface area contributed by atoms with Crippen LogP contribution in [0.2, 0.25) is 0 Å². The minimum atomic E-state index is -0.809. The van der Waals surface area contributed by atoms with Gasteiger partial charge in [0.05, 0.1) is 11.2 Å². The highest BCUT2D eigenvalue weighted by Gasteiger charge is 2.38. The van der Waals surface area contributed by atoms with Crippen molar-refractivity contribution in [2.45, 2.75) is 28.9 Å². The quantitative estimate of drug-likeness (QED) is 0.443. The average Bonchev–Trinajstić information content (AvgIpc) is 2.80. The molecule has 0 saturated heterocycles. The van der Waals surface area contributed by atoms with Crippen LogP contribution in [0.25, 0.3) is 0 Å². The number of hydrogen-bond acceptors (Lipinski definition) is 2. The van der Waals surface area contributed by atoms with Crippen molar-refractivity contribution in [1.29, 1.82) is 0 Å². The van der Waals surface area contributed by atoms with Gasteiger partial charge in [0.1, 0.15) is 0 Å². The van der Waals surface area contributed by atoms with E-state index in [4.69, 9.17) is 5.11 Å². The van der Waals surface area contributed by atoms with Crippen LogP contribution in [0.4, 0.5) is 0 Å².